The molecule has 1 aromatic rings. The highest BCUT2D eigenvalue weighted by Gasteiger charge is 2.26. The quantitative estimate of drug-likeness (QED) is 0.775. The first-order valence-electron chi connectivity index (χ1n) is 5.70. The smallest absolute Gasteiger partial charge is 0.224 e. The Balaban J connectivity index is 2.21. The highest BCUT2D eigenvalue weighted by atomic mass is 15.1. The van der Waals surface area contributed by atoms with Gasteiger partial charge in [-0.3, -0.25) is 0 Å². The molecule has 0 radical (unpaired) electrons. The fraction of sp³-hybridized carbons (Fsp3) is 0.636. The summed E-state index contributed by atoms with van der Waals surface area (Å²) in [6, 6.07) is 2.07. The van der Waals surface area contributed by atoms with E-state index in [1.54, 1.807) is 0 Å². The van der Waals surface area contributed by atoms with Crippen molar-refractivity contribution in [3.63, 3.8) is 0 Å². The van der Waals surface area contributed by atoms with Crippen molar-refractivity contribution in [3.05, 3.63) is 11.8 Å². The van der Waals surface area contributed by atoms with Crippen LogP contribution in [-0.4, -0.2) is 23.1 Å². The van der Waals surface area contributed by atoms with Crippen molar-refractivity contribution in [1.29, 1.82) is 0 Å². The van der Waals surface area contributed by atoms with Gasteiger partial charge in [-0.05, 0) is 26.7 Å². The predicted molar refractivity (Wildman–Crippen MR) is 62.3 cm³/mol. The molecule has 82 valence electrons. The SMILES string of the molecule is CCNc1cc(C2CC2)nc(NCC)n1. The molecule has 0 bridgehead atoms. The van der Waals surface area contributed by atoms with Crippen molar-refractivity contribution in [2.24, 2.45) is 0 Å². The molecule has 1 saturated carbocycles. The van der Waals surface area contributed by atoms with Crippen molar-refractivity contribution in [2.75, 3.05) is 23.7 Å². The van der Waals surface area contributed by atoms with Crippen LogP contribution in [0.5, 0.6) is 0 Å². The Morgan fingerprint density at radius 3 is 2.53 bits per heavy atom. The summed E-state index contributed by atoms with van der Waals surface area (Å²) in [5, 5.41) is 6.41. The first-order chi connectivity index (χ1) is 7.33. The molecule has 1 heterocycles. The second-order valence-corrected chi connectivity index (χ2v) is 3.84. The van der Waals surface area contributed by atoms with E-state index in [2.05, 4.69) is 40.5 Å². The molecule has 1 fully saturated rings. The van der Waals surface area contributed by atoms with E-state index in [-0.39, 0.29) is 0 Å². The van der Waals surface area contributed by atoms with Crippen LogP contribution in [-0.2, 0) is 0 Å². The molecule has 0 saturated heterocycles. The third kappa shape index (κ3) is 2.58. The van der Waals surface area contributed by atoms with Crippen LogP contribution in [0.3, 0.4) is 0 Å². The van der Waals surface area contributed by atoms with Crippen LogP contribution in [0, 0.1) is 0 Å². The van der Waals surface area contributed by atoms with Gasteiger partial charge in [0.05, 0.1) is 5.69 Å². The Bertz CT molecular complexity index is 309. The van der Waals surface area contributed by atoms with E-state index in [0.717, 1.165) is 24.9 Å². The molecule has 2 rings (SSSR count). The zero-order chi connectivity index (χ0) is 10.7. The van der Waals surface area contributed by atoms with Gasteiger partial charge in [0, 0.05) is 25.1 Å². The lowest BCUT2D eigenvalue weighted by Gasteiger charge is -2.08. The second-order valence-electron chi connectivity index (χ2n) is 3.84. The molecule has 2 N–H and O–H groups in total. The van der Waals surface area contributed by atoms with E-state index in [1.165, 1.54) is 18.5 Å². The van der Waals surface area contributed by atoms with Gasteiger partial charge in [-0.2, -0.15) is 4.98 Å². The molecule has 0 aliphatic heterocycles. The average Bonchev–Trinajstić information content (AvgIpc) is 3.01. The summed E-state index contributed by atoms with van der Waals surface area (Å²) < 4.78 is 0. The van der Waals surface area contributed by atoms with Crippen LogP contribution in [0.4, 0.5) is 11.8 Å². The van der Waals surface area contributed by atoms with Crippen molar-refractivity contribution < 1.29 is 0 Å². The highest BCUT2D eigenvalue weighted by Crippen LogP contribution is 2.39. The van der Waals surface area contributed by atoms with Crippen molar-refractivity contribution >= 4 is 11.8 Å². The first-order valence-corrected chi connectivity index (χ1v) is 5.70. The first kappa shape index (κ1) is 10.2. The Kier molecular flexibility index (Phi) is 3.04. The molecule has 1 aromatic heterocycles. The van der Waals surface area contributed by atoms with Crippen LogP contribution in [0.1, 0.15) is 38.3 Å². The van der Waals surface area contributed by atoms with Gasteiger partial charge >= 0.3 is 0 Å². The summed E-state index contributed by atoms with van der Waals surface area (Å²) >= 11 is 0. The number of nitrogens with one attached hydrogen (secondary N) is 2. The summed E-state index contributed by atoms with van der Waals surface area (Å²) in [7, 11) is 0. The number of hydrogen-bond acceptors (Lipinski definition) is 4. The van der Waals surface area contributed by atoms with Crippen LogP contribution in [0.15, 0.2) is 6.07 Å². The van der Waals surface area contributed by atoms with Gasteiger partial charge in [0.1, 0.15) is 5.82 Å². The summed E-state index contributed by atoms with van der Waals surface area (Å²) in [5.41, 5.74) is 1.18. The van der Waals surface area contributed by atoms with Crippen LogP contribution in [0.25, 0.3) is 0 Å². The molecule has 4 heteroatoms. The maximum absolute atomic E-state index is 4.51. The molecule has 0 spiro atoms. The Hall–Kier alpha value is -1.32. The van der Waals surface area contributed by atoms with Gasteiger partial charge < -0.3 is 10.6 Å². The van der Waals surface area contributed by atoms with E-state index in [0.29, 0.717) is 5.92 Å². The van der Waals surface area contributed by atoms with Crippen molar-refractivity contribution in [2.45, 2.75) is 32.6 Å². The molecule has 0 aromatic carbocycles. The normalized spacial score (nSPS) is 15.1. The molecule has 0 atom stereocenters. The summed E-state index contributed by atoms with van der Waals surface area (Å²) in [5.74, 6) is 2.35. The molecule has 0 amide bonds. The lowest BCUT2D eigenvalue weighted by molar-refractivity contribution is 0.970. The number of hydrogen-bond donors (Lipinski definition) is 2. The van der Waals surface area contributed by atoms with Crippen LogP contribution >= 0.6 is 0 Å². The van der Waals surface area contributed by atoms with E-state index >= 15 is 0 Å². The Labute approximate surface area is 90.5 Å². The van der Waals surface area contributed by atoms with E-state index in [4.69, 9.17) is 0 Å². The standard InChI is InChI=1S/C11H18N4/c1-3-12-10-7-9(8-5-6-8)14-11(15-10)13-4-2/h7-8H,3-6H2,1-2H3,(H2,12,13,14,15). The average molecular weight is 206 g/mol. The zero-order valence-electron chi connectivity index (χ0n) is 9.38. The van der Waals surface area contributed by atoms with Gasteiger partial charge in [-0.1, -0.05) is 0 Å². The molecule has 15 heavy (non-hydrogen) atoms. The van der Waals surface area contributed by atoms with Gasteiger partial charge in [-0.25, -0.2) is 4.98 Å². The lowest BCUT2D eigenvalue weighted by atomic mass is 10.3. The number of aromatic nitrogens is 2. The minimum Gasteiger partial charge on any atom is -0.370 e. The largest absolute Gasteiger partial charge is 0.370 e. The van der Waals surface area contributed by atoms with Crippen LogP contribution < -0.4 is 10.6 Å². The van der Waals surface area contributed by atoms with Crippen LogP contribution in [0.2, 0.25) is 0 Å². The summed E-state index contributed by atoms with van der Waals surface area (Å²) in [4.78, 5) is 8.89. The third-order valence-corrected chi connectivity index (χ3v) is 2.43. The van der Waals surface area contributed by atoms with E-state index in [1.807, 2.05) is 0 Å². The number of nitrogens with zero attached hydrogens (tertiary/aromatic N) is 2. The maximum Gasteiger partial charge on any atom is 0.224 e. The zero-order valence-corrected chi connectivity index (χ0v) is 9.38. The Morgan fingerprint density at radius 1 is 1.20 bits per heavy atom. The molecule has 0 unspecified atom stereocenters. The fourth-order valence-corrected chi connectivity index (χ4v) is 1.56. The predicted octanol–water partition coefficient (Wildman–Crippen LogP) is 2.22. The third-order valence-electron chi connectivity index (χ3n) is 2.43. The summed E-state index contributed by atoms with van der Waals surface area (Å²) in [6.45, 7) is 5.89. The molecule has 1 aliphatic carbocycles. The molecular formula is C11H18N4. The van der Waals surface area contributed by atoms with Crippen molar-refractivity contribution in [3.8, 4) is 0 Å². The monoisotopic (exact) mass is 206 g/mol. The van der Waals surface area contributed by atoms with Gasteiger partial charge in [0.15, 0.2) is 0 Å². The van der Waals surface area contributed by atoms with E-state index < -0.39 is 0 Å². The van der Waals surface area contributed by atoms with Gasteiger partial charge in [0.25, 0.3) is 0 Å². The van der Waals surface area contributed by atoms with Crippen molar-refractivity contribution in [1.82, 2.24) is 9.97 Å². The minimum atomic E-state index is 0.669. The topological polar surface area (TPSA) is 49.8 Å². The number of anilines is 2. The van der Waals surface area contributed by atoms with E-state index in [9.17, 15) is 0 Å². The lowest BCUT2D eigenvalue weighted by Crippen LogP contribution is -2.07. The van der Waals surface area contributed by atoms with Gasteiger partial charge in [0.2, 0.25) is 5.95 Å². The maximum atomic E-state index is 4.51. The summed E-state index contributed by atoms with van der Waals surface area (Å²) in [6.07, 6.45) is 2.54. The fourth-order valence-electron chi connectivity index (χ4n) is 1.56. The second kappa shape index (κ2) is 4.47. The minimum absolute atomic E-state index is 0.669. The molecular weight excluding hydrogens is 188 g/mol. The van der Waals surface area contributed by atoms with Gasteiger partial charge in [-0.15, -0.1) is 0 Å². The molecule has 1 aliphatic rings. The number of rotatable bonds is 5. The highest BCUT2D eigenvalue weighted by molar-refractivity contribution is 5.43. The Morgan fingerprint density at radius 2 is 1.93 bits per heavy atom. The molecule has 4 nitrogen and oxygen atoms in total.